The predicted molar refractivity (Wildman–Crippen MR) is 141 cm³/mol. The molecule has 202 valence electrons. The largest absolute Gasteiger partial charge is 0.497 e. The minimum Gasteiger partial charge on any atom is -0.497 e. The van der Waals surface area contributed by atoms with Crippen LogP contribution in [-0.2, 0) is 14.8 Å². The number of sulfonamides is 1. The molecule has 0 heterocycles. The average molecular weight is 544 g/mol. The molecule has 38 heavy (non-hydrogen) atoms. The number of nitro groups is 1. The molecule has 0 spiro atoms. The summed E-state index contributed by atoms with van der Waals surface area (Å²) in [6.45, 7) is 2.65. The second-order valence-corrected chi connectivity index (χ2v) is 10.2. The molecule has 3 aromatic rings. The zero-order chi connectivity index (χ0) is 28.0. The summed E-state index contributed by atoms with van der Waals surface area (Å²) in [5.41, 5.74) is 0.775. The molecule has 0 unspecified atom stereocenters. The van der Waals surface area contributed by atoms with Gasteiger partial charge in [-0.15, -0.1) is 0 Å². The van der Waals surface area contributed by atoms with Crippen LogP contribution in [0.5, 0.6) is 17.2 Å². The van der Waals surface area contributed by atoms with Gasteiger partial charge in [0.2, 0.25) is 5.91 Å². The number of nitro benzene ring substituents is 1. The van der Waals surface area contributed by atoms with Crippen molar-refractivity contribution >= 4 is 27.3 Å². The minimum atomic E-state index is -4.38. The second-order valence-electron chi connectivity index (χ2n) is 8.31. The number of benzene rings is 3. The van der Waals surface area contributed by atoms with E-state index in [1.807, 2.05) is 0 Å². The number of anilines is 1. The van der Waals surface area contributed by atoms with Gasteiger partial charge in [0.1, 0.15) is 23.8 Å². The standard InChI is InChI=1S/C26H29N3O8S/c1-17-6-12-22(15-24(17)29(31)32)38(33,34)28(19-7-9-20(35-3)10-8-19)16-26(30)27-18(2)23-14-21(36-4)11-13-25(23)37-5/h6-15,18H,16H2,1-5H3,(H,27,30)/t18-/m0/s1. The lowest BCUT2D eigenvalue weighted by Crippen LogP contribution is -2.41. The third-order valence-electron chi connectivity index (χ3n) is 5.89. The third-order valence-corrected chi connectivity index (χ3v) is 7.66. The van der Waals surface area contributed by atoms with E-state index in [0.717, 1.165) is 10.4 Å². The van der Waals surface area contributed by atoms with Gasteiger partial charge in [-0.1, -0.05) is 6.07 Å². The lowest BCUT2D eigenvalue weighted by molar-refractivity contribution is -0.385. The molecule has 12 heteroatoms. The summed E-state index contributed by atoms with van der Waals surface area (Å²) in [4.78, 5) is 23.6. The third kappa shape index (κ3) is 6.14. The molecule has 0 aliphatic heterocycles. The number of hydrogen-bond donors (Lipinski definition) is 1. The van der Waals surface area contributed by atoms with E-state index in [9.17, 15) is 23.3 Å². The molecular formula is C26H29N3O8S. The summed E-state index contributed by atoms with van der Waals surface area (Å²) in [6, 6.07) is 14.3. The molecule has 0 saturated carbocycles. The molecule has 0 saturated heterocycles. The summed E-state index contributed by atoms with van der Waals surface area (Å²) >= 11 is 0. The Morgan fingerprint density at radius 3 is 2.18 bits per heavy atom. The first kappa shape index (κ1) is 28.3. The van der Waals surface area contributed by atoms with Crippen LogP contribution in [0.2, 0.25) is 0 Å². The first-order chi connectivity index (χ1) is 18.0. The van der Waals surface area contributed by atoms with Crippen molar-refractivity contribution < 1.29 is 32.3 Å². The van der Waals surface area contributed by atoms with Crippen LogP contribution in [0.15, 0.2) is 65.6 Å². The van der Waals surface area contributed by atoms with E-state index < -0.39 is 33.4 Å². The number of aryl methyl sites for hydroxylation is 1. The van der Waals surface area contributed by atoms with Gasteiger partial charge in [0.15, 0.2) is 0 Å². The maximum Gasteiger partial charge on any atom is 0.273 e. The number of carbonyl (C=O) groups excluding carboxylic acids is 1. The van der Waals surface area contributed by atoms with E-state index in [0.29, 0.717) is 28.4 Å². The van der Waals surface area contributed by atoms with Crippen LogP contribution in [-0.4, -0.2) is 47.1 Å². The Bertz CT molecular complexity index is 1420. The molecule has 1 amide bonds. The Morgan fingerprint density at radius 2 is 1.61 bits per heavy atom. The molecule has 0 aromatic heterocycles. The fourth-order valence-corrected chi connectivity index (χ4v) is 5.25. The first-order valence-corrected chi connectivity index (χ1v) is 12.9. The summed E-state index contributed by atoms with van der Waals surface area (Å²) in [7, 11) is 0.100. The normalized spacial score (nSPS) is 11.8. The summed E-state index contributed by atoms with van der Waals surface area (Å²) < 4.78 is 44.1. The molecule has 1 N–H and O–H groups in total. The fraction of sp³-hybridized carbons (Fsp3) is 0.269. The quantitative estimate of drug-likeness (QED) is 0.283. The van der Waals surface area contributed by atoms with E-state index >= 15 is 0 Å². The van der Waals surface area contributed by atoms with Gasteiger partial charge >= 0.3 is 0 Å². The molecular weight excluding hydrogens is 514 g/mol. The number of rotatable bonds is 11. The monoisotopic (exact) mass is 543 g/mol. The zero-order valence-electron chi connectivity index (χ0n) is 21.6. The van der Waals surface area contributed by atoms with Crippen molar-refractivity contribution in [3.8, 4) is 17.2 Å². The van der Waals surface area contributed by atoms with Gasteiger partial charge in [-0.05, 0) is 62.4 Å². The van der Waals surface area contributed by atoms with Gasteiger partial charge < -0.3 is 19.5 Å². The van der Waals surface area contributed by atoms with Crippen LogP contribution in [0.1, 0.15) is 24.1 Å². The average Bonchev–Trinajstić information content (AvgIpc) is 2.91. The van der Waals surface area contributed by atoms with Gasteiger partial charge in [0.25, 0.3) is 15.7 Å². The Morgan fingerprint density at radius 1 is 0.974 bits per heavy atom. The highest BCUT2D eigenvalue weighted by molar-refractivity contribution is 7.92. The van der Waals surface area contributed by atoms with E-state index in [1.54, 1.807) is 37.3 Å². The number of amides is 1. The molecule has 0 aliphatic carbocycles. The van der Waals surface area contributed by atoms with Crippen LogP contribution in [0.25, 0.3) is 0 Å². The smallest absolute Gasteiger partial charge is 0.273 e. The van der Waals surface area contributed by atoms with Gasteiger partial charge in [0.05, 0.1) is 42.9 Å². The first-order valence-electron chi connectivity index (χ1n) is 11.4. The molecule has 0 aliphatic rings. The number of methoxy groups -OCH3 is 3. The van der Waals surface area contributed by atoms with E-state index in [2.05, 4.69) is 5.32 Å². The van der Waals surface area contributed by atoms with Gasteiger partial charge in [-0.2, -0.15) is 0 Å². The highest BCUT2D eigenvalue weighted by Gasteiger charge is 2.30. The minimum absolute atomic E-state index is 0.177. The van der Waals surface area contributed by atoms with E-state index in [4.69, 9.17) is 14.2 Å². The Labute approximate surface area is 221 Å². The van der Waals surface area contributed by atoms with Crippen molar-refractivity contribution in [2.75, 3.05) is 32.2 Å². The number of nitrogens with zero attached hydrogens (tertiary/aromatic N) is 2. The van der Waals surface area contributed by atoms with Crippen LogP contribution in [0.3, 0.4) is 0 Å². The Balaban J connectivity index is 1.98. The SMILES string of the molecule is COc1ccc(N(CC(=O)N[C@@H](C)c2cc(OC)ccc2OC)S(=O)(=O)c2ccc(C)c([N+](=O)[O-])c2)cc1. The van der Waals surface area contributed by atoms with Gasteiger partial charge in [-0.25, -0.2) is 8.42 Å². The summed E-state index contributed by atoms with van der Waals surface area (Å²) in [6.07, 6.45) is 0. The van der Waals surface area contributed by atoms with Crippen LogP contribution < -0.4 is 23.8 Å². The molecule has 0 bridgehead atoms. The number of carbonyl (C=O) groups is 1. The fourth-order valence-electron chi connectivity index (χ4n) is 3.81. The molecule has 3 rings (SSSR count). The van der Waals surface area contributed by atoms with Crippen molar-refractivity contribution in [3.63, 3.8) is 0 Å². The Hall–Kier alpha value is -4.32. The zero-order valence-corrected chi connectivity index (χ0v) is 22.4. The number of ether oxygens (including phenoxy) is 3. The lowest BCUT2D eigenvalue weighted by atomic mass is 10.1. The summed E-state index contributed by atoms with van der Waals surface area (Å²) in [5, 5.41) is 14.2. The molecule has 0 radical (unpaired) electrons. The lowest BCUT2D eigenvalue weighted by Gasteiger charge is -2.25. The van der Waals surface area contributed by atoms with E-state index in [-0.39, 0.29) is 16.3 Å². The highest BCUT2D eigenvalue weighted by atomic mass is 32.2. The topological polar surface area (TPSA) is 137 Å². The Kier molecular flexibility index (Phi) is 8.79. The molecule has 3 aromatic carbocycles. The molecule has 1 atom stereocenters. The van der Waals surface area contributed by atoms with Crippen molar-refractivity contribution in [1.29, 1.82) is 0 Å². The van der Waals surface area contributed by atoms with Gasteiger partial charge in [-0.3, -0.25) is 19.2 Å². The van der Waals surface area contributed by atoms with Crippen molar-refractivity contribution in [1.82, 2.24) is 5.32 Å². The van der Waals surface area contributed by atoms with Crippen molar-refractivity contribution in [2.45, 2.75) is 24.8 Å². The highest BCUT2D eigenvalue weighted by Crippen LogP contribution is 2.31. The summed E-state index contributed by atoms with van der Waals surface area (Å²) in [5.74, 6) is 0.958. The molecule has 0 fully saturated rings. The second kappa shape index (κ2) is 11.8. The van der Waals surface area contributed by atoms with Crippen LogP contribution >= 0.6 is 0 Å². The van der Waals surface area contributed by atoms with Crippen LogP contribution in [0.4, 0.5) is 11.4 Å². The van der Waals surface area contributed by atoms with Crippen molar-refractivity contribution in [2.24, 2.45) is 0 Å². The number of hydrogen-bond acceptors (Lipinski definition) is 8. The maximum absolute atomic E-state index is 13.7. The van der Waals surface area contributed by atoms with Crippen LogP contribution in [0, 0.1) is 17.0 Å². The predicted octanol–water partition coefficient (Wildman–Crippen LogP) is 4.00. The van der Waals surface area contributed by atoms with Gasteiger partial charge in [0, 0.05) is 17.2 Å². The number of nitrogens with one attached hydrogen (secondary N) is 1. The maximum atomic E-state index is 13.7. The van der Waals surface area contributed by atoms with E-state index in [1.165, 1.54) is 52.5 Å². The van der Waals surface area contributed by atoms with Crippen molar-refractivity contribution in [3.05, 3.63) is 81.9 Å². The molecule has 11 nitrogen and oxygen atoms in total.